The fourth-order valence-corrected chi connectivity index (χ4v) is 4.18. The summed E-state index contributed by atoms with van der Waals surface area (Å²) in [6, 6.07) is 11.8. The van der Waals surface area contributed by atoms with E-state index in [9.17, 15) is 13.2 Å². The number of thioether (sulfide) groups is 1. The Hall–Kier alpha value is -1.99. The van der Waals surface area contributed by atoms with E-state index in [1.54, 1.807) is 36.4 Å². The Balaban J connectivity index is 1.87. The van der Waals surface area contributed by atoms with Gasteiger partial charge in [-0.15, -0.1) is 11.8 Å². The van der Waals surface area contributed by atoms with Crippen LogP contribution < -0.4 is 10.0 Å². The average molecular weight is 348 g/mol. The van der Waals surface area contributed by atoms with E-state index < -0.39 is 10.0 Å². The number of carbonyl (C=O) groups is 1. The van der Waals surface area contributed by atoms with Gasteiger partial charge in [0.2, 0.25) is 5.91 Å². The molecule has 0 spiro atoms. The second-order valence-corrected chi connectivity index (χ2v) is 8.44. The molecule has 1 aliphatic rings. The fourth-order valence-electron chi connectivity index (χ4n) is 2.20. The average Bonchev–Trinajstić information content (AvgIpc) is 2.49. The second kappa shape index (κ2) is 5.90. The van der Waals surface area contributed by atoms with E-state index in [1.807, 2.05) is 19.9 Å². The van der Waals surface area contributed by atoms with Crippen LogP contribution in [0.1, 0.15) is 12.5 Å². The van der Waals surface area contributed by atoms with Gasteiger partial charge in [0.05, 0.1) is 21.5 Å². The summed E-state index contributed by atoms with van der Waals surface area (Å²) in [6.07, 6.45) is 0. The number of anilines is 2. The Morgan fingerprint density at radius 3 is 2.52 bits per heavy atom. The molecule has 2 aromatic carbocycles. The molecule has 0 radical (unpaired) electrons. The summed E-state index contributed by atoms with van der Waals surface area (Å²) in [6.45, 7) is 3.73. The molecular formula is C16H16N2O3S2. The number of hydrogen-bond donors (Lipinski definition) is 2. The van der Waals surface area contributed by atoms with Crippen LogP contribution in [0, 0.1) is 6.92 Å². The van der Waals surface area contributed by atoms with Crippen molar-refractivity contribution >= 4 is 39.1 Å². The Morgan fingerprint density at radius 1 is 1.13 bits per heavy atom. The number of benzene rings is 2. The molecule has 1 heterocycles. The minimum Gasteiger partial charge on any atom is -0.324 e. The molecule has 3 rings (SSSR count). The summed E-state index contributed by atoms with van der Waals surface area (Å²) in [5.74, 6) is -0.0824. The molecule has 2 N–H and O–H groups in total. The molecule has 1 amide bonds. The first kappa shape index (κ1) is 15.9. The van der Waals surface area contributed by atoms with Gasteiger partial charge in [0.15, 0.2) is 0 Å². The van der Waals surface area contributed by atoms with Gasteiger partial charge in [-0.25, -0.2) is 8.42 Å². The van der Waals surface area contributed by atoms with Crippen LogP contribution in [0.4, 0.5) is 11.4 Å². The van der Waals surface area contributed by atoms with E-state index in [0.29, 0.717) is 11.4 Å². The van der Waals surface area contributed by atoms with Crippen LogP contribution in [-0.2, 0) is 14.8 Å². The van der Waals surface area contributed by atoms with Gasteiger partial charge in [-0.05, 0) is 44.2 Å². The van der Waals surface area contributed by atoms with Crippen molar-refractivity contribution in [1.82, 2.24) is 0 Å². The van der Waals surface area contributed by atoms with Crippen LogP contribution in [0.15, 0.2) is 52.3 Å². The first-order valence-electron chi connectivity index (χ1n) is 7.06. The molecule has 120 valence electrons. The quantitative estimate of drug-likeness (QED) is 0.893. The highest BCUT2D eigenvalue weighted by molar-refractivity contribution is 8.01. The predicted octanol–water partition coefficient (Wildman–Crippen LogP) is 3.23. The van der Waals surface area contributed by atoms with Gasteiger partial charge in [0.1, 0.15) is 0 Å². The summed E-state index contributed by atoms with van der Waals surface area (Å²) >= 11 is 1.46. The van der Waals surface area contributed by atoms with Crippen molar-refractivity contribution in [2.24, 2.45) is 0 Å². The third kappa shape index (κ3) is 3.35. The topological polar surface area (TPSA) is 75.3 Å². The molecule has 1 atom stereocenters. The van der Waals surface area contributed by atoms with Crippen molar-refractivity contribution in [2.75, 3.05) is 10.0 Å². The van der Waals surface area contributed by atoms with E-state index in [2.05, 4.69) is 10.0 Å². The van der Waals surface area contributed by atoms with Gasteiger partial charge in [-0.1, -0.05) is 17.7 Å². The van der Waals surface area contributed by atoms with Crippen molar-refractivity contribution in [2.45, 2.75) is 28.9 Å². The molecule has 1 unspecified atom stereocenters. The molecule has 0 aliphatic carbocycles. The van der Waals surface area contributed by atoms with Crippen molar-refractivity contribution in [3.05, 3.63) is 48.0 Å². The van der Waals surface area contributed by atoms with Gasteiger partial charge in [0.25, 0.3) is 10.0 Å². The van der Waals surface area contributed by atoms with E-state index >= 15 is 0 Å². The first-order valence-corrected chi connectivity index (χ1v) is 9.42. The number of fused-ring (bicyclic) bond motifs is 1. The largest absolute Gasteiger partial charge is 0.324 e. The minimum absolute atomic E-state index is 0.0824. The van der Waals surface area contributed by atoms with Crippen molar-refractivity contribution in [1.29, 1.82) is 0 Å². The highest BCUT2D eigenvalue weighted by Gasteiger charge is 2.23. The summed E-state index contributed by atoms with van der Waals surface area (Å²) in [7, 11) is -3.65. The van der Waals surface area contributed by atoms with E-state index in [1.165, 1.54) is 11.8 Å². The number of carbonyl (C=O) groups excluding carboxylic acids is 1. The van der Waals surface area contributed by atoms with Crippen LogP contribution in [0.25, 0.3) is 0 Å². The molecule has 7 heteroatoms. The predicted molar refractivity (Wildman–Crippen MR) is 92.4 cm³/mol. The molecule has 0 bridgehead atoms. The van der Waals surface area contributed by atoms with Gasteiger partial charge in [-0.3, -0.25) is 9.52 Å². The minimum atomic E-state index is -3.65. The monoisotopic (exact) mass is 348 g/mol. The number of sulfonamides is 1. The van der Waals surface area contributed by atoms with Crippen molar-refractivity contribution in [3.8, 4) is 0 Å². The smallest absolute Gasteiger partial charge is 0.261 e. The molecule has 0 aromatic heterocycles. The molecule has 1 aliphatic heterocycles. The van der Waals surface area contributed by atoms with Crippen LogP contribution in [0.5, 0.6) is 0 Å². The van der Waals surface area contributed by atoms with Crippen molar-refractivity contribution < 1.29 is 13.2 Å². The molecule has 23 heavy (non-hydrogen) atoms. The summed E-state index contributed by atoms with van der Waals surface area (Å²) in [5, 5.41) is 2.63. The zero-order valence-electron chi connectivity index (χ0n) is 12.7. The maximum atomic E-state index is 12.4. The number of aryl methyl sites for hydroxylation is 1. The highest BCUT2D eigenvalue weighted by atomic mass is 32.2. The molecule has 2 aromatic rings. The van der Waals surface area contributed by atoms with Gasteiger partial charge < -0.3 is 5.32 Å². The number of nitrogens with one attached hydrogen (secondary N) is 2. The van der Waals surface area contributed by atoms with E-state index in [-0.39, 0.29) is 16.1 Å². The Bertz CT molecular complexity index is 861. The molecule has 5 nitrogen and oxygen atoms in total. The SMILES string of the molecule is Cc1ccc(S(=O)(=O)Nc2ccc3c(c2)NC(=O)C(C)S3)cc1. The molecular weight excluding hydrogens is 332 g/mol. The fraction of sp³-hybridized carbons (Fsp3) is 0.188. The standard InChI is InChI=1S/C16H16N2O3S2/c1-10-3-6-13(7-4-10)23(20,21)18-12-5-8-15-14(9-12)17-16(19)11(2)22-15/h3-9,11,18H,1-2H3,(H,17,19). The molecule has 0 saturated heterocycles. The molecule has 0 fully saturated rings. The van der Waals surface area contributed by atoms with Crippen LogP contribution in [-0.4, -0.2) is 19.6 Å². The van der Waals surface area contributed by atoms with E-state index in [4.69, 9.17) is 0 Å². The second-order valence-electron chi connectivity index (χ2n) is 5.38. The Labute approximate surface area is 139 Å². The third-order valence-electron chi connectivity index (χ3n) is 3.49. The van der Waals surface area contributed by atoms with Crippen LogP contribution in [0.3, 0.4) is 0 Å². The Morgan fingerprint density at radius 2 is 1.83 bits per heavy atom. The maximum Gasteiger partial charge on any atom is 0.261 e. The zero-order valence-corrected chi connectivity index (χ0v) is 14.3. The van der Waals surface area contributed by atoms with Gasteiger partial charge >= 0.3 is 0 Å². The Kier molecular flexibility index (Phi) is 4.08. The summed E-state index contributed by atoms with van der Waals surface area (Å²) < 4.78 is 27.3. The third-order valence-corrected chi connectivity index (χ3v) is 6.07. The number of rotatable bonds is 3. The van der Waals surface area contributed by atoms with E-state index in [0.717, 1.165) is 10.5 Å². The molecule has 0 saturated carbocycles. The van der Waals surface area contributed by atoms with Gasteiger partial charge in [-0.2, -0.15) is 0 Å². The number of hydrogen-bond acceptors (Lipinski definition) is 4. The first-order chi connectivity index (χ1) is 10.8. The number of amides is 1. The lowest BCUT2D eigenvalue weighted by Crippen LogP contribution is -2.26. The zero-order chi connectivity index (χ0) is 16.6. The van der Waals surface area contributed by atoms with Gasteiger partial charge in [0, 0.05) is 4.90 Å². The lowest BCUT2D eigenvalue weighted by molar-refractivity contribution is -0.115. The lowest BCUT2D eigenvalue weighted by Gasteiger charge is -2.22. The van der Waals surface area contributed by atoms with Crippen LogP contribution >= 0.6 is 11.8 Å². The highest BCUT2D eigenvalue weighted by Crippen LogP contribution is 2.37. The van der Waals surface area contributed by atoms with Crippen molar-refractivity contribution in [3.63, 3.8) is 0 Å². The normalized spacial score (nSPS) is 17.3. The lowest BCUT2D eigenvalue weighted by atomic mass is 10.2. The summed E-state index contributed by atoms with van der Waals surface area (Å²) in [5.41, 5.74) is 2.04. The van der Waals surface area contributed by atoms with Crippen LogP contribution in [0.2, 0.25) is 0 Å². The maximum absolute atomic E-state index is 12.4. The summed E-state index contributed by atoms with van der Waals surface area (Å²) in [4.78, 5) is 12.9.